The molecule has 0 aliphatic carbocycles. The van der Waals surface area contributed by atoms with Crippen LogP contribution in [-0.2, 0) is 9.53 Å². The van der Waals surface area contributed by atoms with Gasteiger partial charge in [-0.2, -0.15) is 11.8 Å². The molecular weight excluding hydrogens is 260 g/mol. The number of hydrogen-bond acceptors (Lipinski definition) is 4. The molecule has 1 amide bonds. The van der Waals surface area contributed by atoms with E-state index in [0.29, 0.717) is 6.04 Å². The second-order valence-electron chi connectivity index (χ2n) is 5.95. The Morgan fingerprint density at radius 1 is 1.42 bits per heavy atom. The standard InChI is InChI=1S/C14H26N2O2S/c1-11(13(17)16(2)3)15-12-4-7-18-14(10-12)5-8-19-9-6-14/h11-12,15H,4-10H2,1-3H3. The number of ether oxygens (including phenoxy) is 1. The van der Waals surface area contributed by atoms with Crippen LogP contribution in [0.4, 0.5) is 0 Å². The summed E-state index contributed by atoms with van der Waals surface area (Å²) in [7, 11) is 3.62. The van der Waals surface area contributed by atoms with Crippen LogP contribution in [0.25, 0.3) is 0 Å². The van der Waals surface area contributed by atoms with Gasteiger partial charge in [-0.3, -0.25) is 4.79 Å². The predicted octanol–water partition coefficient (Wildman–Crippen LogP) is 1.50. The van der Waals surface area contributed by atoms with Crippen molar-refractivity contribution in [2.75, 3.05) is 32.2 Å². The van der Waals surface area contributed by atoms with E-state index in [4.69, 9.17) is 4.74 Å². The van der Waals surface area contributed by atoms with Crippen LogP contribution in [0.5, 0.6) is 0 Å². The maximum atomic E-state index is 11.9. The molecule has 5 heteroatoms. The lowest BCUT2D eigenvalue weighted by atomic mass is 9.85. The van der Waals surface area contributed by atoms with Gasteiger partial charge in [0.25, 0.3) is 0 Å². The van der Waals surface area contributed by atoms with Crippen LogP contribution in [0.15, 0.2) is 0 Å². The maximum Gasteiger partial charge on any atom is 0.238 e. The van der Waals surface area contributed by atoms with Crippen LogP contribution in [-0.4, -0.2) is 60.7 Å². The molecule has 0 saturated carbocycles. The maximum absolute atomic E-state index is 11.9. The van der Waals surface area contributed by atoms with Gasteiger partial charge in [0.15, 0.2) is 0 Å². The van der Waals surface area contributed by atoms with Crippen molar-refractivity contribution in [1.82, 2.24) is 10.2 Å². The molecule has 2 aliphatic heterocycles. The van der Waals surface area contributed by atoms with Gasteiger partial charge in [-0.15, -0.1) is 0 Å². The highest BCUT2D eigenvalue weighted by Gasteiger charge is 2.39. The Kier molecular flexibility index (Phi) is 5.15. The fourth-order valence-electron chi connectivity index (χ4n) is 3.07. The third kappa shape index (κ3) is 3.86. The molecule has 0 bridgehead atoms. The minimum atomic E-state index is -0.104. The van der Waals surface area contributed by atoms with Crippen molar-refractivity contribution in [3.8, 4) is 0 Å². The van der Waals surface area contributed by atoms with E-state index in [-0.39, 0.29) is 17.6 Å². The van der Waals surface area contributed by atoms with Crippen LogP contribution in [0.1, 0.15) is 32.6 Å². The quantitative estimate of drug-likeness (QED) is 0.854. The Morgan fingerprint density at radius 3 is 2.74 bits per heavy atom. The Bertz CT molecular complexity index is 311. The van der Waals surface area contributed by atoms with Gasteiger partial charge in [-0.1, -0.05) is 0 Å². The van der Waals surface area contributed by atoms with Crippen LogP contribution in [0.3, 0.4) is 0 Å². The molecule has 1 spiro atoms. The van der Waals surface area contributed by atoms with Crippen LogP contribution in [0.2, 0.25) is 0 Å². The Balaban J connectivity index is 1.88. The fourth-order valence-corrected chi connectivity index (χ4v) is 4.31. The van der Waals surface area contributed by atoms with E-state index in [2.05, 4.69) is 5.32 Å². The minimum Gasteiger partial charge on any atom is -0.375 e. The normalized spacial score (nSPS) is 28.1. The number of nitrogens with one attached hydrogen (secondary N) is 1. The van der Waals surface area contributed by atoms with Crippen LogP contribution in [0, 0.1) is 0 Å². The molecule has 110 valence electrons. The molecule has 2 unspecified atom stereocenters. The van der Waals surface area contributed by atoms with Crippen molar-refractivity contribution in [3.63, 3.8) is 0 Å². The van der Waals surface area contributed by atoms with Crippen molar-refractivity contribution in [3.05, 3.63) is 0 Å². The highest BCUT2D eigenvalue weighted by molar-refractivity contribution is 7.99. The molecule has 4 nitrogen and oxygen atoms in total. The van der Waals surface area contributed by atoms with E-state index < -0.39 is 0 Å². The van der Waals surface area contributed by atoms with Crippen LogP contribution >= 0.6 is 11.8 Å². The SMILES string of the molecule is CC(NC1CCOC2(CCSCC2)C1)C(=O)N(C)C. The second-order valence-corrected chi connectivity index (χ2v) is 7.18. The first kappa shape index (κ1) is 15.1. The highest BCUT2D eigenvalue weighted by Crippen LogP contribution is 2.37. The van der Waals surface area contributed by atoms with Gasteiger partial charge in [-0.05, 0) is 44.1 Å². The number of rotatable bonds is 3. The number of amides is 1. The molecule has 0 aromatic heterocycles. The summed E-state index contributed by atoms with van der Waals surface area (Å²) in [5.74, 6) is 2.57. The van der Waals surface area contributed by atoms with E-state index in [1.807, 2.05) is 32.8 Å². The van der Waals surface area contributed by atoms with Crippen molar-refractivity contribution in [2.45, 2.75) is 50.3 Å². The van der Waals surface area contributed by atoms with E-state index in [1.54, 1.807) is 4.90 Å². The monoisotopic (exact) mass is 286 g/mol. The third-order valence-electron chi connectivity index (χ3n) is 4.19. The number of likely N-dealkylation sites (N-methyl/N-ethyl adjacent to an activating group) is 1. The van der Waals surface area contributed by atoms with Gasteiger partial charge in [0.1, 0.15) is 0 Å². The first-order valence-electron chi connectivity index (χ1n) is 7.21. The Hall–Kier alpha value is -0.260. The molecule has 0 radical (unpaired) electrons. The molecule has 19 heavy (non-hydrogen) atoms. The fraction of sp³-hybridized carbons (Fsp3) is 0.929. The second kappa shape index (κ2) is 6.46. The van der Waals surface area contributed by atoms with Crippen molar-refractivity contribution >= 4 is 17.7 Å². The third-order valence-corrected chi connectivity index (χ3v) is 5.18. The number of hydrogen-bond donors (Lipinski definition) is 1. The Morgan fingerprint density at radius 2 is 2.11 bits per heavy atom. The number of carbonyl (C=O) groups is 1. The largest absolute Gasteiger partial charge is 0.375 e. The average molecular weight is 286 g/mol. The molecule has 0 aromatic carbocycles. The summed E-state index contributed by atoms with van der Waals surface area (Å²) >= 11 is 2.03. The molecule has 2 rings (SSSR count). The van der Waals surface area contributed by atoms with Gasteiger partial charge in [0.05, 0.1) is 11.6 Å². The van der Waals surface area contributed by atoms with Crippen molar-refractivity contribution in [2.24, 2.45) is 0 Å². The van der Waals surface area contributed by atoms with Crippen LogP contribution < -0.4 is 5.32 Å². The summed E-state index contributed by atoms with van der Waals surface area (Å²) in [6, 6.07) is 0.309. The number of nitrogens with zero attached hydrogens (tertiary/aromatic N) is 1. The molecule has 1 N–H and O–H groups in total. The molecule has 2 fully saturated rings. The average Bonchev–Trinajstić information content (AvgIpc) is 2.38. The molecule has 2 aliphatic rings. The summed E-state index contributed by atoms with van der Waals surface area (Å²) in [6.45, 7) is 2.78. The minimum absolute atomic E-state index is 0.0854. The molecule has 2 heterocycles. The zero-order chi connectivity index (χ0) is 13.9. The summed E-state index contributed by atoms with van der Waals surface area (Å²) in [5, 5.41) is 3.49. The van der Waals surface area contributed by atoms with Crippen molar-refractivity contribution in [1.29, 1.82) is 0 Å². The van der Waals surface area contributed by atoms with E-state index in [0.717, 1.165) is 32.3 Å². The van der Waals surface area contributed by atoms with Gasteiger partial charge in [0, 0.05) is 26.7 Å². The van der Waals surface area contributed by atoms with Gasteiger partial charge in [-0.25, -0.2) is 0 Å². The summed E-state index contributed by atoms with van der Waals surface area (Å²) in [6.07, 6.45) is 4.39. The molecular formula is C14H26N2O2S. The number of carbonyl (C=O) groups excluding carboxylic acids is 1. The first-order valence-corrected chi connectivity index (χ1v) is 8.37. The first-order chi connectivity index (χ1) is 9.02. The summed E-state index contributed by atoms with van der Waals surface area (Å²) in [5.41, 5.74) is 0.0854. The molecule has 2 saturated heterocycles. The smallest absolute Gasteiger partial charge is 0.238 e. The summed E-state index contributed by atoms with van der Waals surface area (Å²) < 4.78 is 6.08. The summed E-state index contributed by atoms with van der Waals surface area (Å²) in [4.78, 5) is 13.6. The zero-order valence-electron chi connectivity index (χ0n) is 12.3. The lowest BCUT2D eigenvalue weighted by Gasteiger charge is -2.44. The predicted molar refractivity (Wildman–Crippen MR) is 79.6 cm³/mol. The zero-order valence-corrected chi connectivity index (χ0v) is 13.1. The lowest BCUT2D eigenvalue weighted by molar-refractivity contribution is -0.132. The lowest BCUT2D eigenvalue weighted by Crippen LogP contribution is -2.53. The molecule has 0 aromatic rings. The van der Waals surface area contributed by atoms with Gasteiger partial charge >= 0.3 is 0 Å². The van der Waals surface area contributed by atoms with Gasteiger partial charge in [0.2, 0.25) is 5.91 Å². The van der Waals surface area contributed by atoms with Crippen molar-refractivity contribution < 1.29 is 9.53 Å². The van der Waals surface area contributed by atoms with E-state index in [9.17, 15) is 4.79 Å². The highest BCUT2D eigenvalue weighted by atomic mass is 32.2. The Labute approximate surface area is 120 Å². The van der Waals surface area contributed by atoms with E-state index >= 15 is 0 Å². The number of thioether (sulfide) groups is 1. The van der Waals surface area contributed by atoms with E-state index in [1.165, 1.54) is 11.5 Å². The molecule has 2 atom stereocenters. The topological polar surface area (TPSA) is 41.6 Å². The van der Waals surface area contributed by atoms with Gasteiger partial charge < -0.3 is 15.0 Å².